The molecule has 60 valence electrons. The first-order chi connectivity index (χ1) is 5.25. The molecule has 0 aromatic rings. The fourth-order valence-corrected chi connectivity index (χ4v) is 1.04. The summed E-state index contributed by atoms with van der Waals surface area (Å²) in [5, 5.41) is 0. The number of amides is 2. The van der Waals surface area contributed by atoms with Crippen LogP contribution in [0, 0.1) is 0 Å². The highest BCUT2D eigenvalue weighted by atomic mass is 16.2. The number of hydrogen-bond acceptors (Lipinski definition) is 2. The largest absolute Gasteiger partial charge is 0.279 e. The summed E-state index contributed by atoms with van der Waals surface area (Å²) in [7, 11) is 0. The van der Waals surface area contributed by atoms with Gasteiger partial charge in [-0.05, 0) is 6.42 Å². The molecule has 3 nitrogen and oxygen atoms in total. The Morgan fingerprint density at radius 2 is 2.27 bits per heavy atom. The normalized spacial score (nSPS) is 17.7. The number of carbonyl (C=O) groups is 2. The molecular formula is C8H11NO2. The number of imide groups is 1. The molecule has 0 aliphatic carbocycles. The van der Waals surface area contributed by atoms with Gasteiger partial charge in [-0.3, -0.25) is 14.5 Å². The van der Waals surface area contributed by atoms with E-state index in [2.05, 4.69) is 0 Å². The van der Waals surface area contributed by atoms with Gasteiger partial charge in [-0.25, -0.2) is 0 Å². The summed E-state index contributed by atoms with van der Waals surface area (Å²) >= 11 is 0. The summed E-state index contributed by atoms with van der Waals surface area (Å²) in [6.45, 7) is 2.49. The van der Waals surface area contributed by atoms with Crippen molar-refractivity contribution in [1.82, 2.24) is 4.90 Å². The second-order valence-electron chi connectivity index (χ2n) is 2.49. The Bertz CT molecular complexity index is 208. The minimum Gasteiger partial charge on any atom is -0.279 e. The van der Waals surface area contributed by atoms with Crippen molar-refractivity contribution in [2.45, 2.75) is 19.8 Å². The third-order valence-corrected chi connectivity index (χ3v) is 1.57. The molecule has 1 aliphatic heterocycles. The van der Waals surface area contributed by atoms with Crippen LogP contribution in [0.5, 0.6) is 0 Å². The maximum absolute atomic E-state index is 11.0. The minimum absolute atomic E-state index is 0.0839. The first kappa shape index (κ1) is 7.98. The molecule has 2 amide bonds. The second-order valence-corrected chi connectivity index (χ2v) is 2.49. The van der Waals surface area contributed by atoms with Crippen molar-refractivity contribution in [3.8, 4) is 0 Å². The van der Waals surface area contributed by atoms with E-state index in [9.17, 15) is 9.59 Å². The maximum Gasteiger partial charge on any atom is 0.252 e. The maximum atomic E-state index is 11.0. The van der Waals surface area contributed by atoms with E-state index in [1.165, 1.54) is 11.0 Å². The minimum atomic E-state index is -0.178. The predicted octanol–water partition coefficient (Wildman–Crippen LogP) is 0.712. The molecule has 11 heavy (non-hydrogen) atoms. The van der Waals surface area contributed by atoms with E-state index in [4.69, 9.17) is 0 Å². The Hall–Kier alpha value is -1.12. The van der Waals surface area contributed by atoms with Crippen LogP contribution in [0.15, 0.2) is 12.2 Å². The van der Waals surface area contributed by atoms with E-state index in [-0.39, 0.29) is 11.8 Å². The molecule has 0 atom stereocenters. The van der Waals surface area contributed by atoms with Crippen LogP contribution in [-0.4, -0.2) is 23.3 Å². The van der Waals surface area contributed by atoms with Crippen molar-refractivity contribution in [1.29, 1.82) is 0 Å². The Kier molecular flexibility index (Phi) is 2.41. The Balaban J connectivity index is 2.67. The van der Waals surface area contributed by atoms with E-state index in [1.54, 1.807) is 6.08 Å². The molecule has 0 aromatic carbocycles. The summed E-state index contributed by atoms with van der Waals surface area (Å²) in [6, 6.07) is 0. The van der Waals surface area contributed by atoms with Gasteiger partial charge >= 0.3 is 0 Å². The lowest BCUT2D eigenvalue weighted by atomic mass is 10.2. The molecule has 0 saturated heterocycles. The molecule has 0 bridgehead atoms. The smallest absolute Gasteiger partial charge is 0.252 e. The van der Waals surface area contributed by atoms with Gasteiger partial charge < -0.3 is 0 Å². The van der Waals surface area contributed by atoms with Gasteiger partial charge in [0.15, 0.2) is 0 Å². The van der Waals surface area contributed by atoms with E-state index in [0.717, 1.165) is 6.42 Å². The third kappa shape index (κ3) is 1.67. The van der Waals surface area contributed by atoms with Crippen molar-refractivity contribution in [3.63, 3.8) is 0 Å². The Morgan fingerprint density at radius 3 is 2.82 bits per heavy atom. The molecule has 1 heterocycles. The van der Waals surface area contributed by atoms with E-state index in [1.807, 2.05) is 6.92 Å². The molecule has 0 aromatic heterocycles. The SMILES string of the molecule is CCCN1C(=O)C=CCC1=O. The number of rotatable bonds is 2. The fourth-order valence-electron chi connectivity index (χ4n) is 1.04. The van der Waals surface area contributed by atoms with Gasteiger partial charge in [0.2, 0.25) is 5.91 Å². The van der Waals surface area contributed by atoms with E-state index >= 15 is 0 Å². The molecule has 1 aliphatic rings. The monoisotopic (exact) mass is 153 g/mol. The van der Waals surface area contributed by atoms with Crippen LogP contribution in [-0.2, 0) is 9.59 Å². The van der Waals surface area contributed by atoms with Gasteiger partial charge in [0, 0.05) is 19.0 Å². The van der Waals surface area contributed by atoms with Crippen LogP contribution >= 0.6 is 0 Å². The zero-order chi connectivity index (χ0) is 8.27. The average molecular weight is 153 g/mol. The molecule has 0 N–H and O–H groups in total. The van der Waals surface area contributed by atoms with Crippen LogP contribution in [0.4, 0.5) is 0 Å². The second kappa shape index (κ2) is 3.32. The lowest BCUT2D eigenvalue weighted by Gasteiger charge is -2.20. The summed E-state index contributed by atoms with van der Waals surface area (Å²) < 4.78 is 0. The highest BCUT2D eigenvalue weighted by molar-refractivity contribution is 6.04. The standard InChI is InChI=1S/C8H11NO2/c1-2-6-9-7(10)4-3-5-8(9)11/h3-4H,2,5-6H2,1H3. The summed E-state index contributed by atoms with van der Waals surface area (Å²) in [6.07, 6.45) is 4.25. The highest BCUT2D eigenvalue weighted by Crippen LogP contribution is 2.04. The molecule has 0 saturated carbocycles. The lowest BCUT2D eigenvalue weighted by molar-refractivity contribution is -0.142. The Labute approximate surface area is 65.7 Å². The van der Waals surface area contributed by atoms with Gasteiger partial charge in [-0.1, -0.05) is 13.0 Å². The van der Waals surface area contributed by atoms with Crippen LogP contribution in [0.1, 0.15) is 19.8 Å². The third-order valence-electron chi connectivity index (χ3n) is 1.57. The zero-order valence-electron chi connectivity index (χ0n) is 6.54. The first-order valence-electron chi connectivity index (χ1n) is 3.76. The van der Waals surface area contributed by atoms with E-state index < -0.39 is 0 Å². The summed E-state index contributed by atoms with van der Waals surface area (Å²) in [5.41, 5.74) is 0. The van der Waals surface area contributed by atoms with Crippen molar-refractivity contribution in [2.75, 3.05) is 6.54 Å². The van der Waals surface area contributed by atoms with Gasteiger partial charge in [0.05, 0.1) is 0 Å². The van der Waals surface area contributed by atoms with Crippen molar-refractivity contribution in [3.05, 3.63) is 12.2 Å². The van der Waals surface area contributed by atoms with Crippen LogP contribution in [0.2, 0.25) is 0 Å². The molecule has 0 unspecified atom stereocenters. The van der Waals surface area contributed by atoms with Crippen molar-refractivity contribution >= 4 is 11.8 Å². The predicted molar refractivity (Wildman–Crippen MR) is 40.8 cm³/mol. The number of carbonyl (C=O) groups excluding carboxylic acids is 2. The molecule has 1 rings (SSSR count). The Morgan fingerprint density at radius 1 is 1.55 bits per heavy atom. The summed E-state index contributed by atoms with van der Waals surface area (Å²) in [4.78, 5) is 23.4. The molecule has 0 fully saturated rings. The van der Waals surface area contributed by atoms with Crippen LogP contribution in [0.3, 0.4) is 0 Å². The number of hydrogen-bond donors (Lipinski definition) is 0. The molecule has 0 radical (unpaired) electrons. The fraction of sp³-hybridized carbons (Fsp3) is 0.500. The molecule has 0 spiro atoms. The number of nitrogens with zero attached hydrogens (tertiary/aromatic N) is 1. The lowest BCUT2D eigenvalue weighted by Crippen LogP contribution is -2.38. The molecular weight excluding hydrogens is 142 g/mol. The zero-order valence-corrected chi connectivity index (χ0v) is 6.54. The van der Waals surface area contributed by atoms with Crippen molar-refractivity contribution < 1.29 is 9.59 Å². The van der Waals surface area contributed by atoms with Crippen LogP contribution < -0.4 is 0 Å². The van der Waals surface area contributed by atoms with Gasteiger partial charge in [0.25, 0.3) is 5.91 Å². The topological polar surface area (TPSA) is 37.4 Å². The van der Waals surface area contributed by atoms with Crippen molar-refractivity contribution in [2.24, 2.45) is 0 Å². The quantitative estimate of drug-likeness (QED) is 0.548. The van der Waals surface area contributed by atoms with Crippen LogP contribution in [0.25, 0.3) is 0 Å². The summed E-state index contributed by atoms with van der Waals surface area (Å²) in [5.74, 6) is -0.262. The molecule has 3 heteroatoms. The average Bonchev–Trinajstić information content (AvgIpc) is 1.97. The van der Waals surface area contributed by atoms with Gasteiger partial charge in [0.1, 0.15) is 0 Å². The first-order valence-corrected chi connectivity index (χ1v) is 3.76. The van der Waals surface area contributed by atoms with Gasteiger partial charge in [-0.15, -0.1) is 0 Å². The van der Waals surface area contributed by atoms with E-state index in [0.29, 0.717) is 13.0 Å². The van der Waals surface area contributed by atoms with Gasteiger partial charge in [-0.2, -0.15) is 0 Å². The highest BCUT2D eigenvalue weighted by Gasteiger charge is 2.20.